The molecule has 1 aromatic heterocycles. The molecule has 4 nitrogen and oxygen atoms in total. The maximum atomic E-state index is 8.07. The molecule has 1 aromatic rings. The third-order valence-electron chi connectivity index (χ3n) is 0.644. The lowest BCUT2D eigenvalue weighted by Crippen LogP contribution is -1.81. The van der Waals surface area contributed by atoms with E-state index >= 15 is 0 Å². The lowest BCUT2D eigenvalue weighted by atomic mass is 10.5. The summed E-state index contributed by atoms with van der Waals surface area (Å²) in [6.45, 7) is 0. The van der Waals surface area contributed by atoms with Crippen LogP contribution in [0, 0.1) is 11.3 Å². The van der Waals surface area contributed by atoms with Gasteiger partial charge in [0, 0.05) is 0 Å². The molecule has 0 aliphatic rings. The predicted molar refractivity (Wildman–Crippen MR) is 23.6 cm³/mol. The summed E-state index contributed by atoms with van der Waals surface area (Å²) in [5, 5.41) is 11.5. The minimum Gasteiger partial charge on any atom is -0.343 e. The summed E-state index contributed by atoms with van der Waals surface area (Å²) in [6, 6.07) is 1.89. The van der Waals surface area contributed by atoms with E-state index < -0.39 is 0 Å². The Labute approximate surface area is 45.7 Å². The van der Waals surface area contributed by atoms with Crippen LogP contribution in [-0.2, 0) is 6.42 Å². The van der Waals surface area contributed by atoms with Crippen LogP contribution in [0.4, 0.5) is 0 Å². The average Bonchev–Trinajstić information content (AvgIpc) is 2.19. The largest absolute Gasteiger partial charge is 0.343 e. The van der Waals surface area contributed by atoms with Crippen LogP contribution in [0.5, 0.6) is 0 Å². The molecule has 0 spiro atoms. The molecule has 1 heterocycles. The Morgan fingerprint density at radius 3 is 3.25 bits per heavy atom. The van der Waals surface area contributed by atoms with E-state index in [0.717, 1.165) is 0 Å². The number of rotatable bonds is 1. The minimum absolute atomic E-state index is 0.219. The van der Waals surface area contributed by atoms with Gasteiger partial charge in [-0.05, 0) is 0 Å². The van der Waals surface area contributed by atoms with Gasteiger partial charge in [-0.25, -0.2) is 0 Å². The van der Waals surface area contributed by atoms with E-state index in [1.165, 1.54) is 6.39 Å². The Morgan fingerprint density at radius 1 is 1.88 bits per heavy atom. The summed E-state index contributed by atoms with van der Waals surface area (Å²) in [5.41, 5.74) is 0. The molecule has 0 atom stereocenters. The van der Waals surface area contributed by atoms with E-state index in [1.54, 1.807) is 0 Å². The summed E-state index contributed by atoms with van der Waals surface area (Å²) in [6.07, 6.45) is 1.42. The molecular formula is C4H3N3O. The first-order chi connectivity index (χ1) is 3.93. The Morgan fingerprint density at radius 2 is 2.75 bits per heavy atom. The number of nitriles is 1. The molecule has 0 unspecified atom stereocenters. The first kappa shape index (κ1) is 4.78. The highest BCUT2D eigenvalue weighted by atomic mass is 16.5. The average molecular weight is 109 g/mol. The van der Waals surface area contributed by atoms with Gasteiger partial charge < -0.3 is 4.52 Å². The molecule has 0 fully saturated rings. The summed E-state index contributed by atoms with van der Waals surface area (Å²) in [5.74, 6) is 0.438. The number of hydrogen-bond acceptors (Lipinski definition) is 4. The van der Waals surface area contributed by atoms with Crippen molar-refractivity contribution in [3.8, 4) is 6.07 Å². The molecule has 0 aliphatic carbocycles. The normalized spacial score (nSPS) is 8.38. The van der Waals surface area contributed by atoms with Gasteiger partial charge in [-0.2, -0.15) is 10.2 Å². The fraction of sp³-hybridized carbons (Fsp3) is 0.250. The van der Waals surface area contributed by atoms with Gasteiger partial charge in [-0.3, -0.25) is 0 Å². The third kappa shape index (κ3) is 0.819. The summed E-state index contributed by atoms with van der Waals surface area (Å²) in [7, 11) is 0. The molecule has 0 bridgehead atoms. The second kappa shape index (κ2) is 2.07. The molecule has 1 rings (SSSR count). The zero-order valence-corrected chi connectivity index (χ0v) is 4.03. The first-order valence-corrected chi connectivity index (χ1v) is 2.05. The second-order valence-corrected chi connectivity index (χ2v) is 1.18. The van der Waals surface area contributed by atoms with Crippen LogP contribution in [0.1, 0.15) is 5.82 Å². The number of aromatic nitrogens is 2. The van der Waals surface area contributed by atoms with Crippen molar-refractivity contribution < 1.29 is 4.52 Å². The summed E-state index contributed by atoms with van der Waals surface area (Å²) >= 11 is 0. The van der Waals surface area contributed by atoms with Crippen LogP contribution < -0.4 is 0 Å². The first-order valence-electron chi connectivity index (χ1n) is 2.05. The van der Waals surface area contributed by atoms with Crippen molar-refractivity contribution in [2.75, 3.05) is 0 Å². The monoisotopic (exact) mass is 109 g/mol. The van der Waals surface area contributed by atoms with Crippen LogP contribution in [0.15, 0.2) is 10.9 Å². The predicted octanol–water partition coefficient (Wildman–Crippen LogP) is 0.136. The van der Waals surface area contributed by atoms with Gasteiger partial charge in [0.2, 0.25) is 6.39 Å². The van der Waals surface area contributed by atoms with Crippen molar-refractivity contribution >= 4 is 0 Å². The molecule has 0 N–H and O–H groups in total. The van der Waals surface area contributed by atoms with Crippen molar-refractivity contribution in [3.05, 3.63) is 12.2 Å². The van der Waals surface area contributed by atoms with Gasteiger partial charge in [-0.15, -0.1) is 0 Å². The fourth-order valence-electron chi connectivity index (χ4n) is 0.341. The molecule has 8 heavy (non-hydrogen) atoms. The van der Waals surface area contributed by atoms with Crippen molar-refractivity contribution in [1.29, 1.82) is 5.26 Å². The molecule has 4 heteroatoms. The Hall–Kier alpha value is -1.37. The zero-order chi connectivity index (χ0) is 5.82. The van der Waals surface area contributed by atoms with Crippen LogP contribution in [-0.4, -0.2) is 10.1 Å². The van der Waals surface area contributed by atoms with Gasteiger partial charge in [-0.1, -0.05) is 5.16 Å². The SMILES string of the molecule is N#CCc1ncon1. The third-order valence-corrected chi connectivity index (χ3v) is 0.644. The molecule has 0 aliphatic heterocycles. The zero-order valence-electron chi connectivity index (χ0n) is 4.03. The second-order valence-electron chi connectivity index (χ2n) is 1.18. The van der Waals surface area contributed by atoms with E-state index in [-0.39, 0.29) is 6.42 Å². The van der Waals surface area contributed by atoms with Gasteiger partial charge in [0.05, 0.1) is 12.5 Å². The van der Waals surface area contributed by atoms with Gasteiger partial charge in [0.1, 0.15) is 0 Å². The standard InChI is InChI=1S/C4H3N3O/c5-2-1-4-6-3-8-7-4/h3H,1H2. The highest BCUT2D eigenvalue weighted by molar-refractivity contribution is 4.89. The van der Waals surface area contributed by atoms with E-state index in [4.69, 9.17) is 5.26 Å². The summed E-state index contributed by atoms with van der Waals surface area (Å²) in [4.78, 5) is 3.61. The van der Waals surface area contributed by atoms with E-state index in [2.05, 4.69) is 14.7 Å². The quantitative estimate of drug-likeness (QED) is 0.514. The van der Waals surface area contributed by atoms with E-state index in [9.17, 15) is 0 Å². The molecule has 0 saturated carbocycles. The molecular weight excluding hydrogens is 106 g/mol. The van der Waals surface area contributed by atoms with Crippen molar-refractivity contribution in [2.45, 2.75) is 6.42 Å². The van der Waals surface area contributed by atoms with Crippen LogP contribution in [0.2, 0.25) is 0 Å². The Balaban J connectivity index is 2.67. The molecule has 0 radical (unpaired) electrons. The smallest absolute Gasteiger partial charge is 0.213 e. The topological polar surface area (TPSA) is 62.7 Å². The van der Waals surface area contributed by atoms with Gasteiger partial charge in [0.15, 0.2) is 5.82 Å². The highest BCUT2D eigenvalue weighted by Crippen LogP contribution is 1.85. The van der Waals surface area contributed by atoms with Crippen molar-refractivity contribution in [2.24, 2.45) is 0 Å². The van der Waals surface area contributed by atoms with Crippen molar-refractivity contribution in [1.82, 2.24) is 10.1 Å². The summed E-state index contributed by atoms with van der Waals surface area (Å²) < 4.78 is 4.35. The van der Waals surface area contributed by atoms with Crippen molar-refractivity contribution in [3.63, 3.8) is 0 Å². The lowest BCUT2D eigenvalue weighted by molar-refractivity contribution is 0.411. The minimum atomic E-state index is 0.219. The van der Waals surface area contributed by atoms with Gasteiger partial charge >= 0.3 is 0 Å². The van der Waals surface area contributed by atoms with Crippen LogP contribution in [0.3, 0.4) is 0 Å². The maximum absolute atomic E-state index is 8.07. The molecule has 0 saturated heterocycles. The van der Waals surface area contributed by atoms with E-state index in [0.29, 0.717) is 5.82 Å². The van der Waals surface area contributed by atoms with Gasteiger partial charge in [0.25, 0.3) is 0 Å². The number of hydrogen-bond donors (Lipinski definition) is 0. The van der Waals surface area contributed by atoms with E-state index in [1.807, 2.05) is 6.07 Å². The fourth-order valence-corrected chi connectivity index (χ4v) is 0.341. The Kier molecular flexibility index (Phi) is 1.24. The molecule has 0 amide bonds. The maximum Gasteiger partial charge on any atom is 0.213 e. The van der Waals surface area contributed by atoms with Crippen LogP contribution in [0.25, 0.3) is 0 Å². The number of nitrogens with zero attached hydrogens (tertiary/aromatic N) is 3. The van der Waals surface area contributed by atoms with Crippen LogP contribution >= 0.6 is 0 Å². The molecule has 0 aromatic carbocycles. The Bertz CT molecular complexity index is 186. The molecule has 40 valence electrons. The lowest BCUT2D eigenvalue weighted by Gasteiger charge is -1.71. The highest BCUT2D eigenvalue weighted by Gasteiger charge is 1.92.